The molecule has 0 radical (unpaired) electrons. The number of hydrogen-bond acceptors (Lipinski definition) is 2. The number of hydrogen-bond donors (Lipinski definition) is 1. The van der Waals surface area contributed by atoms with Crippen molar-refractivity contribution in [2.75, 3.05) is 0 Å². The second-order valence-corrected chi connectivity index (χ2v) is 4.42. The van der Waals surface area contributed by atoms with Gasteiger partial charge in [0.15, 0.2) is 0 Å². The maximum atomic E-state index is 13.3. The number of benzene rings is 2. The van der Waals surface area contributed by atoms with Crippen molar-refractivity contribution in [2.45, 2.75) is 26.5 Å². The van der Waals surface area contributed by atoms with Crippen LogP contribution in [0, 0.1) is 5.82 Å². The van der Waals surface area contributed by atoms with Crippen LogP contribution in [-0.2, 0) is 19.6 Å². The Labute approximate surface area is 113 Å². The summed E-state index contributed by atoms with van der Waals surface area (Å²) in [5.41, 5.74) is 8.19. The Balaban J connectivity index is 2.01. The van der Waals surface area contributed by atoms with E-state index in [0.717, 1.165) is 17.7 Å². The van der Waals surface area contributed by atoms with E-state index in [9.17, 15) is 4.39 Å². The molecule has 2 rings (SSSR count). The lowest BCUT2D eigenvalue weighted by atomic mass is 10.1. The molecule has 0 aromatic heterocycles. The van der Waals surface area contributed by atoms with Gasteiger partial charge in [0, 0.05) is 12.1 Å². The van der Waals surface area contributed by atoms with Crippen LogP contribution in [0.5, 0.6) is 5.75 Å². The standard InChI is InChI=1S/C16H18FNO/c1-2-12-3-6-15(7-4-12)19-11-13-5-8-16(17)14(9-13)10-18/h3-9H,2,10-11,18H2,1H3. The molecule has 0 aliphatic carbocycles. The number of nitrogens with two attached hydrogens (primary N) is 1. The third-order valence-corrected chi connectivity index (χ3v) is 3.07. The van der Waals surface area contributed by atoms with E-state index >= 15 is 0 Å². The fourth-order valence-electron chi connectivity index (χ4n) is 1.86. The number of halogens is 1. The van der Waals surface area contributed by atoms with Crippen LogP contribution in [0.1, 0.15) is 23.6 Å². The highest BCUT2D eigenvalue weighted by molar-refractivity contribution is 5.28. The molecule has 19 heavy (non-hydrogen) atoms. The lowest BCUT2D eigenvalue weighted by molar-refractivity contribution is 0.306. The minimum atomic E-state index is -0.265. The summed E-state index contributed by atoms with van der Waals surface area (Å²) in [6, 6.07) is 12.9. The summed E-state index contributed by atoms with van der Waals surface area (Å²) in [6.45, 7) is 2.73. The minimum absolute atomic E-state index is 0.199. The van der Waals surface area contributed by atoms with Crippen molar-refractivity contribution in [3.8, 4) is 5.75 Å². The molecule has 0 heterocycles. The Bertz CT molecular complexity index is 537. The summed E-state index contributed by atoms with van der Waals surface area (Å²) in [5.74, 6) is 0.550. The first kappa shape index (κ1) is 13.6. The fourth-order valence-corrected chi connectivity index (χ4v) is 1.86. The average molecular weight is 259 g/mol. The molecule has 3 heteroatoms. The van der Waals surface area contributed by atoms with Gasteiger partial charge in [-0.05, 0) is 41.8 Å². The van der Waals surface area contributed by atoms with Crippen LogP contribution in [-0.4, -0.2) is 0 Å². The quantitative estimate of drug-likeness (QED) is 0.893. The molecule has 0 saturated carbocycles. The molecule has 2 aromatic rings. The first-order valence-electron chi connectivity index (χ1n) is 6.42. The second kappa shape index (κ2) is 6.34. The van der Waals surface area contributed by atoms with Gasteiger partial charge >= 0.3 is 0 Å². The largest absolute Gasteiger partial charge is 0.489 e. The van der Waals surface area contributed by atoms with Crippen molar-refractivity contribution in [3.05, 3.63) is 65.0 Å². The van der Waals surface area contributed by atoms with E-state index in [0.29, 0.717) is 12.2 Å². The third kappa shape index (κ3) is 3.55. The van der Waals surface area contributed by atoms with Crippen LogP contribution in [0.4, 0.5) is 4.39 Å². The first-order valence-corrected chi connectivity index (χ1v) is 6.42. The van der Waals surface area contributed by atoms with Crippen molar-refractivity contribution < 1.29 is 9.13 Å². The summed E-state index contributed by atoms with van der Waals surface area (Å²) in [6.07, 6.45) is 1.01. The maximum absolute atomic E-state index is 13.3. The molecule has 0 atom stereocenters. The monoisotopic (exact) mass is 259 g/mol. The van der Waals surface area contributed by atoms with Crippen LogP contribution in [0.2, 0.25) is 0 Å². The van der Waals surface area contributed by atoms with Crippen LogP contribution in [0.25, 0.3) is 0 Å². The molecule has 0 aliphatic rings. The summed E-state index contributed by atoms with van der Waals surface area (Å²) in [4.78, 5) is 0. The van der Waals surface area contributed by atoms with Gasteiger partial charge in [0.1, 0.15) is 18.2 Å². The molecule has 0 fully saturated rings. The molecule has 2 aromatic carbocycles. The van der Waals surface area contributed by atoms with Gasteiger partial charge in [-0.15, -0.1) is 0 Å². The Morgan fingerprint density at radius 1 is 1.05 bits per heavy atom. The van der Waals surface area contributed by atoms with E-state index in [2.05, 4.69) is 6.92 Å². The SMILES string of the molecule is CCc1ccc(OCc2ccc(F)c(CN)c2)cc1. The summed E-state index contributed by atoms with van der Waals surface area (Å²) in [5, 5.41) is 0. The predicted molar refractivity (Wildman–Crippen MR) is 74.4 cm³/mol. The molecule has 0 bridgehead atoms. The molecule has 0 saturated heterocycles. The van der Waals surface area contributed by atoms with Gasteiger partial charge in [0.05, 0.1) is 0 Å². The van der Waals surface area contributed by atoms with Gasteiger partial charge in [0.25, 0.3) is 0 Å². The van der Waals surface area contributed by atoms with Crippen molar-refractivity contribution in [1.29, 1.82) is 0 Å². The first-order chi connectivity index (χ1) is 9.22. The minimum Gasteiger partial charge on any atom is -0.489 e. The molecule has 0 unspecified atom stereocenters. The Kier molecular flexibility index (Phi) is 4.53. The molecule has 2 nitrogen and oxygen atoms in total. The van der Waals surface area contributed by atoms with E-state index in [1.807, 2.05) is 24.3 Å². The van der Waals surface area contributed by atoms with E-state index in [1.165, 1.54) is 11.6 Å². The summed E-state index contributed by atoms with van der Waals surface area (Å²) >= 11 is 0. The topological polar surface area (TPSA) is 35.2 Å². The van der Waals surface area contributed by atoms with Gasteiger partial charge in [0.2, 0.25) is 0 Å². The Hall–Kier alpha value is -1.87. The van der Waals surface area contributed by atoms with Crippen LogP contribution in [0.15, 0.2) is 42.5 Å². The van der Waals surface area contributed by atoms with Crippen LogP contribution >= 0.6 is 0 Å². The van der Waals surface area contributed by atoms with Crippen molar-refractivity contribution in [3.63, 3.8) is 0 Å². The van der Waals surface area contributed by atoms with E-state index in [4.69, 9.17) is 10.5 Å². The zero-order valence-electron chi connectivity index (χ0n) is 11.0. The lowest BCUT2D eigenvalue weighted by Crippen LogP contribution is -2.02. The van der Waals surface area contributed by atoms with E-state index in [1.54, 1.807) is 12.1 Å². The van der Waals surface area contributed by atoms with Crippen LogP contribution < -0.4 is 10.5 Å². The molecular weight excluding hydrogens is 241 g/mol. The maximum Gasteiger partial charge on any atom is 0.127 e. The second-order valence-electron chi connectivity index (χ2n) is 4.42. The molecule has 0 aliphatic heterocycles. The summed E-state index contributed by atoms with van der Waals surface area (Å²) in [7, 11) is 0. The highest BCUT2D eigenvalue weighted by atomic mass is 19.1. The van der Waals surface area contributed by atoms with Gasteiger partial charge in [-0.3, -0.25) is 0 Å². The average Bonchev–Trinajstić information content (AvgIpc) is 2.47. The molecule has 100 valence electrons. The van der Waals surface area contributed by atoms with E-state index in [-0.39, 0.29) is 12.4 Å². The van der Waals surface area contributed by atoms with Crippen LogP contribution in [0.3, 0.4) is 0 Å². The fraction of sp³-hybridized carbons (Fsp3) is 0.250. The Morgan fingerprint density at radius 3 is 2.37 bits per heavy atom. The Morgan fingerprint density at radius 2 is 1.74 bits per heavy atom. The number of rotatable bonds is 5. The number of ether oxygens (including phenoxy) is 1. The lowest BCUT2D eigenvalue weighted by Gasteiger charge is -2.08. The van der Waals surface area contributed by atoms with Crippen molar-refractivity contribution in [1.82, 2.24) is 0 Å². The van der Waals surface area contributed by atoms with Gasteiger partial charge in [-0.1, -0.05) is 25.1 Å². The zero-order valence-corrected chi connectivity index (χ0v) is 11.0. The molecule has 2 N–H and O–H groups in total. The third-order valence-electron chi connectivity index (χ3n) is 3.07. The smallest absolute Gasteiger partial charge is 0.127 e. The summed E-state index contributed by atoms with van der Waals surface area (Å²) < 4.78 is 19.0. The van der Waals surface area contributed by atoms with Crippen molar-refractivity contribution >= 4 is 0 Å². The van der Waals surface area contributed by atoms with Gasteiger partial charge in [-0.25, -0.2) is 4.39 Å². The highest BCUT2D eigenvalue weighted by Crippen LogP contribution is 2.16. The molecular formula is C16H18FNO. The predicted octanol–water partition coefficient (Wildman–Crippen LogP) is 3.43. The van der Waals surface area contributed by atoms with Crippen molar-refractivity contribution in [2.24, 2.45) is 5.73 Å². The zero-order chi connectivity index (χ0) is 13.7. The molecule has 0 spiro atoms. The molecule has 0 amide bonds. The normalized spacial score (nSPS) is 10.5. The highest BCUT2D eigenvalue weighted by Gasteiger charge is 2.02. The van der Waals surface area contributed by atoms with Gasteiger partial charge < -0.3 is 10.5 Å². The van der Waals surface area contributed by atoms with Gasteiger partial charge in [-0.2, -0.15) is 0 Å². The number of aryl methyl sites for hydroxylation is 1. The van der Waals surface area contributed by atoms with E-state index < -0.39 is 0 Å².